The van der Waals surface area contributed by atoms with E-state index in [9.17, 15) is 14.4 Å². The molecule has 1 aromatic carbocycles. The van der Waals surface area contributed by atoms with E-state index >= 15 is 0 Å². The van der Waals surface area contributed by atoms with E-state index < -0.39 is 18.0 Å². The van der Waals surface area contributed by atoms with Crippen LogP contribution in [0.1, 0.15) is 25.3 Å². The van der Waals surface area contributed by atoms with Gasteiger partial charge in [-0.3, -0.25) is 4.79 Å². The summed E-state index contributed by atoms with van der Waals surface area (Å²) < 4.78 is 9.93. The van der Waals surface area contributed by atoms with Gasteiger partial charge in [0, 0.05) is 5.92 Å². The quantitative estimate of drug-likeness (QED) is 0.533. The minimum Gasteiger partial charge on any atom is -0.466 e. The summed E-state index contributed by atoms with van der Waals surface area (Å²) in [6, 6.07) is 8.74. The Kier molecular flexibility index (Phi) is 7.57. The van der Waals surface area contributed by atoms with E-state index in [-0.39, 0.29) is 34.2 Å². The van der Waals surface area contributed by atoms with Gasteiger partial charge in [0.2, 0.25) is 5.91 Å². The predicted molar refractivity (Wildman–Crippen MR) is 109 cm³/mol. The van der Waals surface area contributed by atoms with Crippen molar-refractivity contribution in [2.24, 2.45) is 5.92 Å². The Morgan fingerprint density at radius 2 is 1.68 bits per heavy atom. The van der Waals surface area contributed by atoms with Gasteiger partial charge in [0.25, 0.3) is 0 Å². The Hall–Kier alpha value is -2.41. The maximum absolute atomic E-state index is 12.7. The molecule has 150 valence electrons. The molecule has 1 N–H and O–H groups in total. The SMILES string of the molecule is COC(=O)C1=C(C(=O)OC)[C@H](NC(=O)CBr)[C@@H](c2ccccc2)C=C1C(C)C. The number of hydrogen-bond acceptors (Lipinski definition) is 5. The molecular weight excluding hydrogens is 426 g/mol. The lowest BCUT2D eigenvalue weighted by Crippen LogP contribution is -2.46. The van der Waals surface area contributed by atoms with Crippen molar-refractivity contribution < 1.29 is 23.9 Å². The fourth-order valence-corrected chi connectivity index (χ4v) is 3.51. The molecule has 1 aromatic rings. The van der Waals surface area contributed by atoms with Gasteiger partial charge in [-0.25, -0.2) is 9.59 Å². The van der Waals surface area contributed by atoms with Crippen molar-refractivity contribution in [2.45, 2.75) is 25.8 Å². The molecule has 2 atom stereocenters. The third-order valence-corrected chi connectivity index (χ3v) is 5.14. The summed E-state index contributed by atoms with van der Waals surface area (Å²) in [5, 5.41) is 2.92. The fourth-order valence-electron chi connectivity index (χ4n) is 3.35. The lowest BCUT2D eigenvalue weighted by atomic mass is 9.74. The number of benzene rings is 1. The number of alkyl halides is 1. The summed E-state index contributed by atoms with van der Waals surface area (Å²) in [6.07, 6.45) is 1.93. The first-order valence-electron chi connectivity index (χ1n) is 8.88. The topological polar surface area (TPSA) is 81.7 Å². The molecule has 0 bridgehead atoms. The number of nitrogens with one attached hydrogen (secondary N) is 1. The molecule has 28 heavy (non-hydrogen) atoms. The molecule has 0 fully saturated rings. The van der Waals surface area contributed by atoms with Crippen LogP contribution in [0.3, 0.4) is 0 Å². The molecule has 1 aliphatic carbocycles. The van der Waals surface area contributed by atoms with Crippen LogP contribution in [-0.4, -0.2) is 43.4 Å². The number of halogens is 1. The van der Waals surface area contributed by atoms with Gasteiger partial charge in [-0.15, -0.1) is 0 Å². The number of carbonyl (C=O) groups is 3. The first-order valence-corrected chi connectivity index (χ1v) is 10.0. The smallest absolute Gasteiger partial charge is 0.338 e. The minimum absolute atomic E-state index is 0.0483. The lowest BCUT2D eigenvalue weighted by molar-refractivity contribution is -0.139. The van der Waals surface area contributed by atoms with E-state index in [1.54, 1.807) is 0 Å². The number of amides is 1. The summed E-state index contributed by atoms with van der Waals surface area (Å²) in [5.74, 6) is -2.01. The number of carbonyl (C=O) groups excluding carboxylic acids is 3. The molecule has 1 aliphatic rings. The number of hydrogen-bond donors (Lipinski definition) is 1. The summed E-state index contributed by atoms with van der Waals surface area (Å²) in [5.41, 5.74) is 1.84. The van der Waals surface area contributed by atoms with Gasteiger partial charge < -0.3 is 14.8 Å². The third kappa shape index (κ3) is 4.52. The Labute approximate surface area is 173 Å². The number of ether oxygens (including phenoxy) is 2. The highest BCUT2D eigenvalue weighted by molar-refractivity contribution is 9.09. The van der Waals surface area contributed by atoms with Crippen molar-refractivity contribution in [3.05, 3.63) is 58.7 Å². The average Bonchev–Trinajstić information content (AvgIpc) is 2.72. The molecule has 1 amide bonds. The zero-order chi connectivity index (χ0) is 20.8. The number of methoxy groups -OCH3 is 2. The maximum atomic E-state index is 12.7. The normalized spacial score (nSPS) is 19.1. The largest absolute Gasteiger partial charge is 0.466 e. The molecule has 0 heterocycles. The lowest BCUT2D eigenvalue weighted by Gasteiger charge is -2.34. The molecule has 7 heteroatoms. The van der Waals surface area contributed by atoms with Crippen molar-refractivity contribution in [1.82, 2.24) is 5.32 Å². The van der Waals surface area contributed by atoms with E-state index in [0.717, 1.165) is 5.56 Å². The minimum atomic E-state index is -0.767. The van der Waals surface area contributed by atoms with E-state index in [1.165, 1.54) is 14.2 Å². The zero-order valence-electron chi connectivity index (χ0n) is 16.3. The van der Waals surface area contributed by atoms with E-state index in [1.807, 2.05) is 50.3 Å². The Morgan fingerprint density at radius 3 is 2.18 bits per heavy atom. The van der Waals surface area contributed by atoms with Crippen LogP contribution in [0.15, 0.2) is 53.1 Å². The molecule has 0 saturated carbocycles. The van der Waals surface area contributed by atoms with Crippen molar-refractivity contribution in [2.75, 3.05) is 19.5 Å². The summed E-state index contributed by atoms with van der Waals surface area (Å²) >= 11 is 3.13. The zero-order valence-corrected chi connectivity index (χ0v) is 17.9. The maximum Gasteiger partial charge on any atom is 0.338 e. The monoisotopic (exact) mass is 449 g/mol. The molecular formula is C21H24BrNO5. The molecule has 0 spiro atoms. The van der Waals surface area contributed by atoms with Crippen LogP contribution in [0.2, 0.25) is 0 Å². The standard InChI is InChI=1S/C21H24BrNO5/c1-12(2)14-10-15(13-8-6-5-7-9-13)19(23-16(24)11-22)18(21(26)28-4)17(14)20(25)27-3/h5-10,12,15,19H,11H2,1-4H3,(H,23,24)/t15-,19-/m1/s1. The highest BCUT2D eigenvalue weighted by atomic mass is 79.9. The number of rotatable bonds is 6. The van der Waals surface area contributed by atoms with Gasteiger partial charge in [0.15, 0.2) is 0 Å². The van der Waals surface area contributed by atoms with Gasteiger partial charge in [-0.1, -0.05) is 66.2 Å². The summed E-state index contributed by atoms with van der Waals surface area (Å²) in [7, 11) is 2.51. The highest BCUT2D eigenvalue weighted by Gasteiger charge is 2.41. The second-order valence-corrected chi connectivity index (χ2v) is 7.22. The molecule has 0 aliphatic heterocycles. The van der Waals surface area contributed by atoms with Gasteiger partial charge in [0.05, 0.1) is 36.7 Å². The van der Waals surface area contributed by atoms with Crippen molar-refractivity contribution >= 4 is 33.8 Å². The van der Waals surface area contributed by atoms with Crippen LogP contribution >= 0.6 is 15.9 Å². The molecule has 0 radical (unpaired) electrons. The molecule has 6 nitrogen and oxygen atoms in total. The van der Waals surface area contributed by atoms with Gasteiger partial charge in [-0.05, 0) is 17.1 Å². The van der Waals surface area contributed by atoms with Gasteiger partial charge in [-0.2, -0.15) is 0 Å². The van der Waals surface area contributed by atoms with Crippen molar-refractivity contribution in [3.8, 4) is 0 Å². The highest BCUT2D eigenvalue weighted by Crippen LogP contribution is 2.39. The molecule has 0 unspecified atom stereocenters. The van der Waals surface area contributed by atoms with E-state index in [0.29, 0.717) is 5.57 Å². The van der Waals surface area contributed by atoms with E-state index in [4.69, 9.17) is 9.47 Å². The predicted octanol–water partition coefficient (Wildman–Crippen LogP) is 2.89. The van der Waals surface area contributed by atoms with Crippen LogP contribution in [0, 0.1) is 5.92 Å². The van der Waals surface area contributed by atoms with Gasteiger partial charge >= 0.3 is 11.9 Å². The molecule has 0 aromatic heterocycles. The Morgan fingerprint density at radius 1 is 1.07 bits per heavy atom. The first-order chi connectivity index (χ1) is 13.3. The Balaban J connectivity index is 2.77. The molecule has 0 saturated heterocycles. The van der Waals surface area contributed by atoms with Crippen LogP contribution < -0.4 is 5.32 Å². The van der Waals surface area contributed by atoms with Crippen LogP contribution in [0.25, 0.3) is 0 Å². The average molecular weight is 450 g/mol. The van der Waals surface area contributed by atoms with Crippen molar-refractivity contribution in [1.29, 1.82) is 0 Å². The third-order valence-electron chi connectivity index (χ3n) is 4.63. The molecule has 2 rings (SSSR count). The first kappa shape index (κ1) is 21.9. The van der Waals surface area contributed by atoms with E-state index in [2.05, 4.69) is 21.2 Å². The Bertz CT molecular complexity index is 813. The summed E-state index contributed by atoms with van der Waals surface area (Å²) in [6.45, 7) is 3.87. The second kappa shape index (κ2) is 9.68. The van der Waals surface area contributed by atoms with Crippen molar-refractivity contribution in [3.63, 3.8) is 0 Å². The van der Waals surface area contributed by atoms with Crippen LogP contribution in [0.4, 0.5) is 0 Å². The second-order valence-electron chi connectivity index (χ2n) is 6.66. The van der Waals surface area contributed by atoms with Gasteiger partial charge in [0.1, 0.15) is 0 Å². The van der Waals surface area contributed by atoms with Crippen LogP contribution in [-0.2, 0) is 23.9 Å². The fraction of sp³-hybridized carbons (Fsp3) is 0.381. The number of esters is 2. The summed E-state index contributed by atoms with van der Waals surface area (Å²) in [4.78, 5) is 37.6. The van der Waals surface area contributed by atoms with Crippen LogP contribution in [0.5, 0.6) is 0 Å².